The first kappa shape index (κ1) is 13.1. The third kappa shape index (κ3) is 2.67. The molecule has 0 aliphatic carbocycles. The number of rotatable bonds is 2. The number of hydrogen-bond donors (Lipinski definition) is 0. The van der Waals surface area contributed by atoms with Gasteiger partial charge in [0.05, 0.1) is 25.7 Å². The first-order valence-corrected chi connectivity index (χ1v) is 6.10. The van der Waals surface area contributed by atoms with Gasteiger partial charge in [0.25, 0.3) is 0 Å². The Morgan fingerprint density at radius 3 is 2.65 bits per heavy atom. The monoisotopic (exact) mass is 287 g/mol. The van der Waals surface area contributed by atoms with Crippen molar-refractivity contribution in [1.29, 1.82) is 0 Å². The van der Waals surface area contributed by atoms with Crippen LogP contribution in [0.25, 0.3) is 11.2 Å². The fraction of sp³-hybridized carbons (Fsp3) is 0.545. The van der Waals surface area contributed by atoms with Gasteiger partial charge in [0.15, 0.2) is 5.65 Å². The van der Waals surface area contributed by atoms with Crippen molar-refractivity contribution in [2.75, 3.05) is 31.2 Å². The van der Waals surface area contributed by atoms with E-state index < -0.39 is 12.7 Å². The summed E-state index contributed by atoms with van der Waals surface area (Å²) in [6, 6.07) is 0. The largest absolute Gasteiger partial charge is 0.406 e. The van der Waals surface area contributed by atoms with Crippen molar-refractivity contribution >= 4 is 17.1 Å². The van der Waals surface area contributed by atoms with Gasteiger partial charge in [-0.2, -0.15) is 18.2 Å². The summed E-state index contributed by atoms with van der Waals surface area (Å²) >= 11 is 0. The van der Waals surface area contributed by atoms with Gasteiger partial charge < -0.3 is 14.2 Å². The molecule has 1 aliphatic heterocycles. The van der Waals surface area contributed by atoms with Gasteiger partial charge in [-0.1, -0.05) is 0 Å². The molecule has 0 saturated carbocycles. The van der Waals surface area contributed by atoms with Crippen LogP contribution in [-0.4, -0.2) is 52.0 Å². The Labute approximate surface area is 112 Å². The molecule has 0 bridgehead atoms. The molecular weight excluding hydrogens is 275 g/mol. The molecule has 0 spiro atoms. The van der Waals surface area contributed by atoms with Crippen LogP contribution in [-0.2, 0) is 11.3 Å². The molecule has 20 heavy (non-hydrogen) atoms. The van der Waals surface area contributed by atoms with Gasteiger partial charge in [0, 0.05) is 13.1 Å². The van der Waals surface area contributed by atoms with Crippen LogP contribution in [0.2, 0.25) is 0 Å². The van der Waals surface area contributed by atoms with E-state index in [2.05, 4.69) is 15.0 Å². The molecule has 0 unspecified atom stereocenters. The molecule has 2 aromatic rings. The second-order valence-electron chi connectivity index (χ2n) is 4.47. The van der Waals surface area contributed by atoms with Crippen molar-refractivity contribution in [2.24, 2.45) is 0 Å². The Hall–Kier alpha value is -1.90. The van der Waals surface area contributed by atoms with Gasteiger partial charge >= 0.3 is 6.18 Å². The van der Waals surface area contributed by atoms with E-state index >= 15 is 0 Å². The summed E-state index contributed by atoms with van der Waals surface area (Å²) in [6.45, 7) is 1.26. The third-order valence-corrected chi connectivity index (χ3v) is 2.99. The second-order valence-corrected chi connectivity index (χ2v) is 4.47. The van der Waals surface area contributed by atoms with Crippen LogP contribution in [0.3, 0.4) is 0 Å². The van der Waals surface area contributed by atoms with Crippen LogP contribution in [0.4, 0.5) is 19.1 Å². The highest BCUT2D eigenvalue weighted by molar-refractivity contribution is 5.71. The van der Waals surface area contributed by atoms with E-state index in [1.807, 2.05) is 4.90 Å². The number of anilines is 1. The number of hydrogen-bond acceptors (Lipinski definition) is 5. The highest BCUT2D eigenvalue weighted by atomic mass is 19.4. The zero-order valence-corrected chi connectivity index (χ0v) is 10.5. The molecule has 3 rings (SSSR count). The molecule has 0 radical (unpaired) electrons. The lowest BCUT2D eigenvalue weighted by molar-refractivity contribution is -0.140. The Kier molecular flexibility index (Phi) is 3.20. The minimum Gasteiger partial charge on any atom is -0.378 e. The number of imidazole rings is 1. The summed E-state index contributed by atoms with van der Waals surface area (Å²) in [4.78, 5) is 14.1. The van der Waals surface area contributed by atoms with E-state index in [4.69, 9.17) is 4.74 Å². The second kappa shape index (κ2) is 4.89. The van der Waals surface area contributed by atoms with Crippen LogP contribution in [0.1, 0.15) is 0 Å². The minimum absolute atomic E-state index is 0.193. The average molecular weight is 287 g/mol. The topological polar surface area (TPSA) is 56.1 Å². The Balaban J connectivity index is 1.94. The Morgan fingerprint density at radius 1 is 1.20 bits per heavy atom. The van der Waals surface area contributed by atoms with Gasteiger partial charge in [-0.05, 0) is 0 Å². The van der Waals surface area contributed by atoms with Crippen molar-refractivity contribution in [3.63, 3.8) is 0 Å². The number of morpholine rings is 1. The normalized spacial score (nSPS) is 16.9. The molecule has 1 saturated heterocycles. The first-order valence-electron chi connectivity index (χ1n) is 6.10. The molecule has 6 nitrogen and oxygen atoms in total. The zero-order chi connectivity index (χ0) is 14.2. The van der Waals surface area contributed by atoms with Gasteiger partial charge in [-0.15, -0.1) is 0 Å². The predicted octanol–water partition coefficient (Wildman–Crippen LogP) is 1.23. The highest BCUT2D eigenvalue weighted by Gasteiger charge is 2.29. The summed E-state index contributed by atoms with van der Waals surface area (Å²) in [5.74, 6) is 0.407. The van der Waals surface area contributed by atoms with Gasteiger partial charge in [-0.25, -0.2) is 9.97 Å². The quantitative estimate of drug-likeness (QED) is 0.831. The van der Waals surface area contributed by atoms with Crippen molar-refractivity contribution < 1.29 is 17.9 Å². The number of ether oxygens (including phenoxy) is 1. The van der Waals surface area contributed by atoms with Gasteiger partial charge in [0.2, 0.25) is 5.95 Å². The van der Waals surface area contributed by atoms with Crippen molar-refractivity contribution in [1.82, 2.24) is 19.5 Å². The van der Waals surface area contributed by atoms with E-state index in [0.717, 1.165) is 10.9 Å². The number of fused-ring (bicyclic) bond motifs is 1. The zero-order valence-electron chi connectivity index (χ0n) is 10.5. The van der Waals surface area contributed by atoms with Crippen LogP contribution < -0.4 is 4.90 Å². The van der Waals surface area contributed by atoms with Gasteiger partial charge in [-0.3, -0.25) is 0 Å². The molecule has 0 N–H and O–H groups in total. The predicted molar refractivity (Wildman–Crippen MR) is 64.4 cm³/mol. The molecule has 3 heterocycles. The molecule has 0 amide bonds. The maximum atomic E-state index is 12.5. The van der Waals surface area contributed by atoms with Crippen molar-refractivity contribution in [3.8, 4) is 0 Å². The number of alkyl halides is 3. The van der Waals surface area contributed by atoms with Gasteiger partial charge in [0.1, 0.15) is 12.1 Å². The molecular formula is C11H12F3N5O. The standard InChI is InChI=1S/C11H12F3N5O/c12-11(13,14)6-19-7-16-8-5-15-10(17-9(8)19)18-1-3-20-4-2-18/h5,7H,1-4,6H2. The maximum Gasteiger partial charge on any atom is 0.406 e. The van der Waals surface area contributed by atoms with E-state index in [-0.39, 0.29) is 5.65 Å². The molecule has 2 aromatic heterocycles. The van der Waals surface area contributed by atoms with Crippen molar-refractivity contribution in [2.45, 2.75) is 12.7 Å². The average Bonchev–Trinajstić information content (AvgIpc) is 2.80. The minimum atomic E-state index is -4.31. The fourth-order valence-electron chi connectivity index (χ4n) is 2.07. The maximum absolute atomic E-state index is 12.5. The first-order chi connectivity index (χ1) is 9.53. The lowest BCUT2D eigenvalue weighted by Gasteiger charge is -2.26. The highest BCUT2D eigenvalue weighted by Crippen LogP contribution is 2.21. The fourth-order valence-corrected chi connectivity index (χ4v) is 2.07. The molecule has 0 aromatic carbocycles. The Morgan fingerprint density at radius 2 is 1.95 bits per heavy atom. The smallest absolute Gasteiger partial charge is 0.378 e. The molecule has 108 valence electrons. The third-order valence-electron chi connectivity index (χ3n) is 2.99. The summed E-state index contributed by atoms with van der Waals surface area (Å²) in [5, 5.41) is 0. The summed E-state index contributed by atoms with van der Waals surface area (Å²) in [7, 11) is 0. The van der Waals surface area contributed by atoms with Crippen LogP contribution in [0, 0.1) is 0 Å². The van der Waals surface area contributed by atoms with E-state index in [1.165, 1.54) is 6.20 Å². The summed E-state index contributed by atoms with van der Waals surface area (Å²) in [5.41, 5.74) is 0.546. The van der Waals surface area contributed by atoms with Crippen LogP contribution in [0.15, 0.2) is 12.5 Å². The van der Waals surface area contributed by atoms with Crippen molar-refractivity contribution in [3.05, 3.63) is 12.5 Å². The van der Waals surface area contributed by atoms with E-state index in [9.17, 15) is 13.2 Å². The lowest BCUT2D eigenvalue weighted by Crippen LogP contribution is -2.37. The SMILES string of the molecule is FC(F)(F)Cn1cnc2cnc(N3CCOCC3)nc21. The lowest BCUT2D eigenvalue weighted by atomic mass is 10.4. The van der Waals surface area contributed by atoms with E-state index in [0.29, 0.717) is 37.8 Å². The molecule has 9 heteroatoms. The number of nitrogens with zero attached hydrogens (tertiary/aromatic N) is 5. The molecule has 0 atom stereocenters. The summed E-state index contributed by atoms with van der Waals surface area (Å²) < 4.78 is 43.7. The number of aromatic nitrogens is 4. The Bertz CT molecular complexity index is 606. The molecule has 1 fully saturated rings. The van der Waals surface area contributed by atoms with Crippen LogP contribution >= 0.6 is 0 Å². The van der Waals surface area contributed by atoms with E-state index in [1.54, 1.807) is 0 Å². The van der Waals surface area contributed by atoms with Crippen LogP contribution in [0.5, 0.6) is 0 Å². The number of halogens is 3. The molecule has 1 aliphatic rings. The summed E-state index contributed by atoms with van der Waals surface area (Å²) in [6.07, 6.45) is -1.73.